The molecule has 0 aliphatic rings. The third kappa shape index (κ3) is 10.5. The van der Waals surface area contributed by atoms with Gasteiger partial charge in [-0.1, -0.05) is 12.1 Å². The molecular weight excluding hydrogens is 462 g/mol. The number of hydrogen-bond acceptors (Lipinski definition) is 7. The van der Waals surface area contributed by atoms with Crippen molar-refractivity contribution in [2.24, 2.45) is 0 Å². The molecule has 0 bridgehead atoms. The molecule has 2 aromatic carbocycles. The molecule has 0 atom stereocenters. The first-order valence-electron chi connectivity index (χ1n) is 11.8. The Morgan fingerprint density at radius 2 is 1.17 bits per heavy atom. The minimum absolute atomic E-state index is 0.0529. The van der Waals surface area contributed by atoms with Crippen molar-refractivity contribution >= 4 is 24.0 Å². The molecule has 36 heavy (non-hydrogen) atoms. The highest BCUT2D eigenvalue weighted by Gasteiger charge is 2.03. The number of hydrogen-bond donors (Lipinski definition) is 5. The Hall–Kier alpha value is -3.98. The van der Waals surface area contributed by atoms with Crippen molar-refractivity contribution in [3.05, 3.63) is 59.7 Å². The molecule has 0 fully saturated rings. The largest absolute Gasteiger partial charge is 0.504 e. The Bertz CT molecular complexity index is 968. The number of phenols is 2. The fourth-order valence-electron chi connectivity index (χ4n) is 3.19. The normalized spacial score (nSPS) is 11.1. The fraction of sp³-hybridized carbons (Fsp3) is 0.333. The molecule has 0 aliphatic heterocycles. The van der Waals surface area contributed by atoms with Crippen molar-refractivity contribution in [2.45, 2.75) is 19.3 Å². The smallest absolute Gasteiger partial charge is 0.243 e. The number of amides is 2. The highest BCUT2D eigenvalue weighted by molar-refractivity contribution is 5.92. The maximum absolute atomic E-state index is 11.9. The molecule has 2 amide bonds. The summed E-state index contributed by atoms with van der Waals surface area (Å²) in [6.45, 7) is 2.75. The second-order valence-corrected chi connectivity index (χ2v) is 7.92. The Balaban J connectivity index is 1.49. The summed E-state index contributed by atoms with van der Waals surface area (Å²) in [6, 6.07) is 9.74. The van der Waals surface area contributed by atoms with E-state index in [4.69, 9.17) is 9.47 Å². The minimum Gasteiger partial charge on any atom is -0.504 e. The van der Waals surface area contributed by atoms with Crippen LogP contribution in [0.4, 0.5) is 0 Å². The van der Waals surface area contributed by atoms with Gasteiger partial charge >= 0.3 is 0 Å². The highest BCUT2D eigenvalue weighted by Crippen LogP contribution is 2.27. The lowest BCUT2D eigenvalue weighted by Gasteiger charge is -2.06. The minimum atomic E-state index is -0.184. The summed E-state index contributed by atoms with van der Waals surface area (Å²) in [5, 5.41) is 28.2. The number of phenolic OH excluding ortho intramolecular Hbond substituents is 2. The molecule has 0 aliphatic carbocycles. The number of unbranched alkanes of at least 4 members (excludes halogenated alkanes) is 1. The molecule has 0 radical (unpaired) electrons. The van der Waals surface area contributed by atoms with Gasteiger partial charge in [-0.05, 0) is 79.9 Å². The van der Waals surface area contributed by atoms with Crippen LogP contribution >= 0.6 is 0 Å². The van der Waals surface area contributed by atoms with E-state index in [0.717, 1.165) is 43.5 Å². The first kappa shape index (κ1) is 28.3. The van der Waals surface area contributed by atoms with Crippen LogP contribution in [0.15, 0.2) is 48.6 Å². The van der Waals surface area contributed by atoms with Crippen molar-refractivity contribution in [1.82, 2.24) is 16.0 Å². The van der Waals surface area contributed by atoms with Crippen LogP contribution in [-0.2, 0) is 9.59 Å². The number of benzene rings is 2. The van der Waals surface area contributed by atoms with Crippen molar-refractivity contribution in [2.75, 3.05) is 40.4 Å². The van der Waals surface area contributed by atoms with E-state index in [0.29, 0.717) is 24.6 Å². The third-order valence-electron chi connectivity index (χ3n) is 5.17. The SMILES string of the molecule is COc1cc(/C=C\C(=O)NCCCNCCCCNC(=O)/C=C/c2ccc(O)c(OC)c2)ccc1O. The second kappa shape index (κ2) is 15.8. The molecule has 5 N–H and O–H groups in total. The van der Waals surface area contributed by atoms with E-state index in [9.17, 15) is 19.8 Å². The van der Waals surface area contributed by atoms with E-state index in [-0.39, 0.29) is 23.3 Å². The van der Waals surface area contributed by atoms with Gasteiger partial charge in [0.05, 0.1) is 14.2 Å². The van der Waals surface area contributed by atoms with Crippen LogP contribution in [0.25, 0.3) is 12.2 Å². The zero-order valence-corrected chi connectivity index (χ0v) is 20.8. The van der Waals surface area contributed by atoms with E-state index in [1.807, 2.05) is 0 Å². The molecular formula is C27H35N3O6. The van der Waals surface area contributed by atoms with Gasteiger partial charge in [0.25, 0.3) is 0 Å². The van der Waals surface area contributed by atoms with E-state index in [1.165, 1.54) is 38.5 Å². The summed E-state index contributed by atoms with van der Waals surface area (Å²) >= 11 is 0. The lowest BCUT2D eigenvalue weighted by molar-refractivity contribution is -0.117. The molecule has 9 heteroatoms. The first-order valence-corrected chi connectivity index (χ1v) is 11.8. The fourth-order valence-corrected chi connectivity index (χ4v) is 3.19. The third-order valence-corrected chi connectivity index (χ3v) is 5.17. The summed E-state index contributed by atoms with van der Waals surface area (Å²) in [4.78, 5) is 23.8. The van der Waals surface area contributed by atoms with E-state index in [2.05, 4.69) is 16.0 Å². The van der Waals surface area contributed by atoms with Crippen molar-refractivity contribution in [1.29, 1.82) is 0 Å². The zero-order chi connectivity index (χ0) is 26.2. The Morgan fingerprint density at radius 3 is 1.67 bits per heavy atom. The molecule has 0 unspecified atom stereocenters. The zero-order valence-electron chi connectivity index (χ0n) is 20.8. The Morgan fingerprint density at radius 1 is 0.722 bits per heavy atom. The number of carbonyl (C=O) groups is 2. The number of ether oxygens (including phenoxy) is 2. The highest BCUT2D eigenvalue weighted by atomic mass is 16.5. The van der Waals surface area contributed by atoms with Gasteiger partial charge in [0, 0.05) is 25.2 Å². The molecule has 0 spiro atoms. The number of nitrogens with one attached hydrogen (secondary N) is 3. The van der Waals surface area contributed by atoms with E-state index >= 15 is 0 Å². The molecule has 0 aromatic heterocycles. The second-order valence-electron chi connectivity index (χ2n) is 7.92. The van der Waals surface area contributed by atoms with Gasteiger partial charge in [-0.2, -0.15) is 0 Å². The van der Waals surface area contributed by atoms with Gasteiger partial charge in [0.2, 0.25) is 11.8 Å². The number of methoxy groups -OCH3 is 2. The summed E-state index contributed by atoms with van der Waals surface area (Å²) in [6.07, 6.45) is 8.80. The standard InChI is InChI=1S/C27H35N3O6/c1-35-24-18-20(6-10-22(24)31)8-12-26(33)29-16-4-3-14-28-15-5-17-30-27(34)13-9-21-7-11-23(32)25(19-21)36-2/h6-13,18-19,28,31-32H,3-5,14-17H2,1-2H3,(H,29,33)(H,30,34)/b12-8+,13-9-. The lowest BCUT2D eigenvalue weighted by Crippen LogP contribution is -2.27. The van der Waals surface area contributed by atoms with Crippen molar-refractivity contribution in [3.63, 3.8) is 0 Å². The van der Waals surface area contributed by atoms with E-state index in [1.54, 1.807) is 36.4 Å². The van der Waals surface area contributed by atoms with Gasteiger partial charge in [-0.15, -0.1) is 0 Å². The van der Waals surface area contributed by atoms with Crippen molar-refractivity contribution < 1.29 is 29.3 Å². The van der Waals surface area contributed by atoms with Crippen LogP contribution in [0, 0.1) is 0 Å². The number of rotatable bonds is 15. The lowest BCUT2D eigenvalue weighted by atomic mass is 10.2. The molecule has 0 saturated carbocycles. The van der Waals surface area contributed by atoms with Crippen molar-refractivity contribution in [3.8, 4) is 23.0 Å². The predicted molar refractivity (Wildman–Crippen MR) is 140 cm³/mol. The summed E-state index contributed by atoms with van der Waals surface area (Å²) < 4.78 is 10.1. The monoisotopic (exact) mass is 497 g/mol. The van der Waals surface area contributed by atoms with Crippen LogP contribution in [0.3, 0.4) is 0 Å². The Labute approximate surface area is 211 Å². The van der Waals surface area contributed by atoms with Gasteiger partial charge in [-0.3, -0.25) is 9.59 Å². The summed E-state index contributed by atoms with van der Waals surface area (Å²) in [7, 11) is 2.94. The summed E-state index contributed by atoms with van der Waals surface area (Å²) in [5.74, 6) is 0.460. The van der Waals surface area contributed by atoms with Crippen LogP contribution in [0.2, 0.25) is 0 Å². The molecule has 0 saturated heterocycles. The van der Waals surface area contributed by atoms with Gasteiger partial charge < -0.3 is 35.6 Å². The molecule has 2 rings (SSSR count). The maximum Gasteiger partial charge on any atom is 0.243 e. The molecule has 9 nitrogen and oxygen atoms in total. The quantitative estimate of drug-likeness (QED) is 0.189. The van der Waals surface area contributed by atoms with E-state index < -0.39 is 0 Å². The summed E-state index contributed by atoms with van der Waals surface area (Å²) in [5.41, 5.74) is 1.51. The predicted octanol–water partition coefficient (Wildman–Crippen LogP) is 2.83. The molecule has 194 valence electrons. The Kier molecular flexibility index (Phi) is 12.4. The van der Waals surface area contributed by atoms with Gasteiger partial charge in [0.15, 0.2) is 23.0 Å². The number of carbonyl (C=O) groups excluding carboxylic acids is 2. The maximum atomic E-state index is 11.9. The van der Waals surface area contributed by atoms with Crippen LogP contribution in [-0.4, -0.2) is 62.4 Å². The van der Waals surface area contributed by atoms with Gasteiger partial charge in [0.1, 0.15) is 0 Å². The van der Waals surface area contributed by atoms with Crippen LogP contribution < -0.4 is 25.4 Å². The average Bonchev–Trinajstić information content (AvgIpc) is 2.88. The molecule has 2 aromatic rings. The van der Waals surface area contributed by atoms with Crippen LogP contribution in [0.1, 0.15) is 30.4 Å². The molecule has 0 heterocycles. The number of aromatic hydroxyl groups is 2. The van der Waals surface area contributed by atoms with Gasteiger partial charge in [-0.25, -0.2) is 0 Å². The topological polar surface area (TPSA) is 129 Å². The average molecular weight is 498 g/mol. The first-order chi connectivity index (χ1) is 17.4. The van der Waals surface area contributed by atoms with Crippen LogP contribution in [0.5, 0.6) is 23.0 Å².